The van der Waals surface area contributed by atoms with Gasteiger partial charge in [0, 0.05) is 47.4 Å². The molecule has 12 heteroatoms. The molecule has 0 fully saturated rings. The number of carbonyl (C=O) groups is 2. The highest BCUT2D eigenvalue weighted by molar-refractivity contribution is 6.35. The smallest absolute Gasteiger partial charge is 0.338 e. The monoisotopic (exact) mass is 721 g/mol. The Morgan fingerprint density at radius 3 is 2.39 bits per heavy atom. The average Bonchev–Trinajstić information content (AvgIpc) is 3.44. The van der Waals surface area contributed by atoms with Gasteiger partial charge in [-0.15, -0.1) is 0 Å². The Morgan fingerprint density at radius 1 is 0.980 bits per heavy atom. The van der Waals surface area contributed by atoms with Gasteiger partial charge in [-0.05, 0) is 94.0 Å². The van der Waals surface area contributed by atoms with Gasteiger partial charge in [0.15, 0.2) is 0 Å². The van der Waals surface area contributed by atoms with Gasteiger partial charge < -0.3 is 18.9 Å². The Kier molecular flexibility index (Phi) is 9.98. The first-order valence-corrected chi connectivity index (χ1v) is 17.3. The predicted molar refractivity (Wildman–Crippen MR) is 193 cm³/mol. The number of halogens is 3. The van der Waals surface area contributed by atoms with Crippen molar-refractivity contribution in [1.82, 2.24) is 24.2 Å². The lowest BCUT2D eigenvalue weighted by Crippen LogP contribution is -2.31. The lowest BCUT2D eigenvalue weighted by atomic mass is 9.98. The number of pyridine rings is 1. The molecule has 9 nitrogen and oxygen atoms in total. The number of benzene rings is 2. The summed E-state index contributed by atoms with van der Waals surface area (Å²) in [4.78, 5) is 33.2. The molecule has 2 aromatic carbocycles. The van der Waals surface area contributed by atoms with E-state index in [-0.39, 0.29) is 23.2 Å². The highest BCUT2D eigenvalue weighted by Gasteiger charge is 2.32. The SMILES string of the molecule is COC(=O)c1cc(Cl)nc(CN2CCCn3c(c(CCCOc4cc(C)c(Cl)c(C)c4)c4ccc(Cl)c(-c5c(C)nn(C)c5C)c43)C2=O)c1. The van der Waals surface area contributed by atoms with Crippen LogP contribution in [-0.4, -0.2) is 56.4 Å². The van der Waals surface area contributed by atoms with Crippen LogP contribution in [0.25, 0.3) is 22.0 Å². The normalized spacial score (nSPS) is 13.2. The Morgan fingerprint density at radius 2 is 1.71 bits per heavy atom. The number of fused-ring (bicyclic) bond motifs is 3. The third kappa shape index (κ3) is 6.64. The number of rotatable bonds is 9. The highest BCUT2D eigenvalue weighted by Crippen LogP contribution is 2.43. The quantitative estimate of drug-likeness (QED) is 0.0862. The summed E-state index contributed by atoms with van der Waals surface area (Å²) in [5, 5.41) is 7.15. The summed E-state index contributed by atoms with van der Waals surface area (Å²) in [7, 11) is 3.23. The van der Waals surface area contributed by atoms with E-state index < -0.39 is 5.97 Å². The molecular weight excluding hydrogens is 685 g/mol. The van der Waals surface area contributed by atoms with E-state index in [1.54, 1.807) is 11.0 Å². The number of carbonyl (C=O) groups excluding carboxylic acids is 2. The Labute approximate surface area is 300 Å². The fourth-order valence-corrected chi connectivity index (χ4v) is 7.48. The first-order valence-electron chi connectivity index (χ1n) is 16.2. The van der Waals surface area contributed by atoms with Crippen LogP contribution in [0.4, 0.5) is 0 Å². The van der Waals surface area contributed by atoms with Crippen LogP contribution in [0, 0.1) is 27.7 Å². The second-order valence-electron chi connectivity index (χ2n) is 12.5. The molecule has 0 bridgehead atoms. The second-order valence-corrected chi connectivity index (χ2v) is 13.7. The molecule has 0 aliphatic carbocycles. The molecule has 3 aromatic heterocycles. The number of nitrogens with zero attached hydrogens (tertiary/aromatic N) is 5. The molecule has 0 N–H and O–H groups in total. The summed E-state index contributed by atoms with van der Waals surface area (Å²) in [6, 6.07) is 10.9. The fourth-order valence-electron chi connectivity index (χ4n) is 6.90. The molecule has 0 atom stereocenters. The predicted octanol–water partition coefficient (Wildman–Crippen LogP) is 8.47. The Bertz CT molecular complexity index is 2100. The van der Waals surface area contributed by atoms with Crippen LogP contribution in [0.3, 0.4) is 0 Å². The molecule has 49 heavy (non-hydrogen) atoms. The van der Waals surface area contributed by atoms with Gasteiger partial charge in [0.05, 0.1) is 47.8 Å². The topological polar surface area (TPSA) is 91.5 Å². The minimum Gasteiger partial charge on any atom is -0.494 e. The van der Waals surface area contributed by atoms with Crippen LogP contribution >= 0.6 is 34.8 Å². The van der Waals surface area contributed by atoms with Gasteiger partial charge in [-0.3, -0.25) is 9.48 Å². The third-order valence-corrected chi connectivity index (χ3v) is 10.3. The molecular formula is C37H38Cl3N5O4. The number of hydrogen-bond acceptors (Lipinski definition) is 6. The summed E-state index contributed by atoms with van der Waals surface area (Å²) in [5.74, 6) is 0.113. The summed E-state index contributed by atoms with van der Waals surface area (Å²) in [6.45, 7) is 9.67. The molecule has 1 aliphatic rings. The second kappa shape index (κ2) is 14.1. The summed E-state index contributed by atoms with van der Waals surface area (Å²) >= 11 is 19.7. The van der Waals surface area contributed by atoms with E-state index in [0.717, 1.165) is 60.9 Å². The van der Waals surface area contributed by atoms with Gasteiger partial charge >= 0.3 is 5.97 Å². The van der Waals surface area contributed by atoms with E-state index >= 15 is 0 Å². The maximum atomic E-state index is 14.7. The standard InChI is InChI=1S/C37H38Cl3N5O4/c1-20-15-26(16-21(2)33(20)40)49-14-7-9-27-28-10-11-29(38)32(31-22(3)42-43(5)23(31)4)34(28)45-13-8-12-44(36(46)35(27)45)19-25-17-24(37(47)48-6)18-30(39)41-25/h10-11,15-18H,7-9,12-14,19H2,1-6H3. The van der Waals surface area contributed by atoms with Gasteiger partial charge in [-0.1, -0.05) is 40.9 Å². The molecule has 4 heterocycles. The number of aryl methyl sites for hydroxylation is 6. The van der Waals surface area contributed by atoms with Crippen molar-refractivity contribution in [3.8, 4) is 16.9 Å². The van der Waals surface area contributed by atoms with Crippen LogP contribution in [0.1, 0.15) is 67.5 Å². The molecule has 0 saturated carbocycles. The van der Waals surface area contributed by atoms with Crippen LogP contribution < -0.4 is 4.74 Å². The third-order valence-electron chi connectivity index (χ3n) is 9.21. The van der Waals surface area contributed by atoms with Crippen molar-refractivity contribution >= 4 is 57.6 Å². The molecule has 6 rings (SSSR count). The van der Waals surface area contributed by atoms with E-state index in [9.17, 15) is 9.59 Å². The van der Waals surface area contributed by atoms with E-state index in [1.165, 1.54) is 13.2 Å². The Hall–Kier alpha value is -4.05. The molecule has 0 unspecified atom stereocenters. The molecule has 1 aliphatic heterocycles. The Balaban J connectivity index is 1.43. The molecule has 1 amide bonds. The van der Waals surface area contributed by atoms with Crippen molar-refractivity contribution in [2.75, 3.05) is 20.3 Å². The minimum atomic E-state index is -0.522. The van der Waals surface area contributed by atoms with E-state index in [1.807, 2.05) is 63.7 Å². The van der Waals surface area contributed by atoms with E-state index in [2.05, 4.69) is 14.6 Å². The maximum absolute atomic E-state index is 14.7. The largest absolute Gasteiger partial charge is 0.494 e. The highest BCUT2D eigenvalue weighted by atomic mass is 35.5. The lowest BCUT2D eigenvalue weighted by molar-refractivity contribution is 0.0600. The van der Waals surface area contributed by atoms with E-state index in [0.29, 0.717) is 55.4 Å². The summed E-state index contributed by atoms with van der Waals surface area (Å²) in [5.41, 5.74) is 8.87. The summed E-state index contributed by atoms with van der Waals surface area (Å²) < 4.78 is 15.1. The number of hydrogen-bond donors (Lipinski definition) is 0. The number of aromatic nitrogens is 4. The van der Waals surface area contributed by atoms with Crippen LogP contribution in [0.2, 0.25) is 15.2 Å². The van der Waals surface area contributed by atoms with Crippen molar-refractivity contribution < 1.29 is 19.1 Å². The first kappa shape index (κ1) is 34.8. The number of methoxy groups -OCH3 is 1. The maximum Gasteiger partial charge on any atom is 0.338 e. The van der Waals surface area contributed by atoms with Crippen molar-refractivity contribution in [1.29, 1.82) is 0 Å². The number of amides is 1. The average molecular weight is 723 g/mol. The number of esters is 1. The molecule has 256 valence electrons. The first-order chi connectivity index (χ1) is 23.4. The van der Waals surface area contributed by atoms with Crippen LogP contribution in [-0.2, 0) is 31.3 Å². The van der Waals surface area contributed by atoms with Crippen molar-refractivity contribution in [3.05, 3.63) is 96.6 Å². The van der Waals surface area contributed by atoms with Crippen LogP contribution in [0.15, 0.2) is 36.4 Å². The van der Waals surface area contributed by atoms with E-state index in [4.69, 9.17) is 44.3 Å². The van der Waals surface area contributed by atoms with Gasteiger partial charge in [0.1, 0.15) is 16.6 Å². The van der Waals surface area contributed by atoms with Gasteiger partial charge in [-0.2, -0.15) is 5.10 Å². The van der Waals surface area contributed by atoms with Gasteiger partial charge in [0.2, 0.25) is 0 Å². The zero-order chi connectivity index (χ0) is 35.1. The lowest BCUT2D eigenvalue weighted by Gasteiger charge is -2.21. The van der Waals surface area contributed by atoms with Crippen molar-refractivity contribution in [3.63, 3.8) is 0 Å². The zero-order valence-electron chi connectivity index (χ0n) is 28.4. The molecule has 0 radical (unpaired) electrons. The van der Waals surface area contributed by atoms with Gasteiger partial charge in [0.25, 0.3) is 5.91 Å². The van der Waals surface area contributed by atoms with Crippen molar-refractivity contribution in [2.45, 2.75) is 60.0 Å². The fraction of sp³-hybridized carbons (Fsp3) is 0.351. The number of ether oxygens (including phenoxy) is 2. The van der Waals surface area contributed by atoms with Gasteiger partial charge in [-0.25, -0.2) is 9.78 Å². The molecule has 0 saturated heterocycles. The summed E-state index contributed by atoms with van der Waals surface area (Å²) in [6.07, 6.45) is 1.96. The molecule has 0 spiro atoms. The van der Waals surface area contributed by atoms with Crippen molar-refractivity contribution in [2.24, 2.45) is 7.05 Å². The zero-order valence-corrected chi connectivity index (χ0v) is 30.7. The minimum absolute atomic E-state index is 0.128. The molecule has 5 aromatic rings. The van der Waals surface area contributed by atoms with Crippen LogP contribution in [0.5, 0.6) is 5.75 Å².